The van der Waals surface area contributed by atoms with Gasteiger partial charge >= 0.3 is 0 Å². The van der Waals surface area contributed by atoms with Crippen molar-refractivity contribution in [2.75, 3.05) is 20.6 Å². The Kier molecular flexibility index (Phi) is 5.60. The van der Waals surface area contributed by atoms with Gasteiger partial charge < -0.3 is 0 Å². The highest BCUT2D eigenvalue weighted by molar-refractivity contribution is 7.92. The first-order valence-electron chi connectivity index (χ1n) is 7.92. The maximum Gasteiger partial charge on any atom is 0.237 e. The Labute approximate surface area is 167 Å². The molecule has 0 fully saturated rings. The van der Waals surface area contributed by atoms with Gasteiger partial charge in [-0.3, -0.25) is 5.21 Å². The molecule has 2 aromatic rings. The molecule has 0 spiro atoms. The third kappa shape index (κ3) is 4.17. The van der Waals surface area contributed by atoms with E-state index in [9.17, 15) is 13.6 Å². The molecule has 0 aromatic heterocycles. The SMILES string of the molecule is CN(C)S(=O)(=O)/C=C1/CN(O)C(c2ccccc2Cl)=c2cc(Cl)ccc2=N1. The fraction of sp³-hybridized carbons (Fsp3) is 0.167. The number of hydroxylamine groups is 2. The molecule has 0 amide bonds. The molecule has 0 atom stereocenters. The van der Waals surface area contributed by atoms with Crippen molar-refractivity contribution in [1.29, 1.82) is 0 Å². The zero-order valence-electron chi connectivity index (χ0n) is 14.6. The van der Waals surface area contributed by atoms with Crippen LogP contribution in [0.2, 0.25) is 10.0 Å². The zero-order chi connectivity index (χ0) is 19.8. The van der Waals surface area contributed by atoms with E-state index >= 15 is 0 Å². The minimum Gasteiger partial charge on any atom is -0.288 e. The third-order valence-corrected chi connectivity index (χ3v) is 6.12. The van der Waals surface area contributed by atoms with Crippen LogP contribution in [-0.4, -0.2) is 43.6 Å². The molecule has 27 heavy (non-hydrogen) atoms. The van der Waals surface area contributed by atoms with Gasteiger partial charge in [0.2, 0.25) is 10.0 Å². The van der Waals surface area contributed by atoms with Crippen LogP contribution in [0.1, 0.15) is 5.56 Å². The maximum atomic E-state index is 12.2. The molecule has 9 heteroatoms. The summed E-state index contributed by atoms with van der Waals surface area (Å²) < 4.78 is 25.5. The summed E-state index contributed by atoms with van der Waals surface area (Å²) in [4.78, 5) is 4.43. The Hall–Kier alpha value is -1.90. The van der Waals surface area contributed by atoms with Crippen LogP contribution in [0.25, 0.3) is 5.70 Å². The van der Waals surface area contributed by atoms with Crippen LogP contribution in [0.3, 0.4) is 0 Å². The fourth-order valence-corrected chi connectivity index (χ4v) is 3.71. The molecule has 0 bridgehead atoms. The molecule has 1 aliphatic heterocycles. The first kappa shape index (κ1) is 19.9. The first-order valence-corrected chi connectivity index (χ1v) is 10.2. The van der Waals surface area contributed by atoms with Crippen LogP contribution >= 0.6 is 23.2 Å². The van der Waals surface area contributed by atoms with Crippen LogP contribution in [0, 0.1) is 0 Å². The second kappa shape index (κ2) is 7.61. The Morgan fingerprint density at radius 2 is 1.89 bits per heavy atom. The average molecular weight is 426 g/mol. The molecule has 1 heterocycles. The lowest BCUT2D eigenvalue weighted by Crippen LogP contribution is -2.31. The molecular weight excluding hydrogens is 409 g/mol. The predicted octanol–water partition coefficient (Wildman–Crippen LogP) is 2.21. The highest BCUT2D eigenvalue weighted by Crippen LogP contribution is 2.25. The highest BCUT2D eigenvalue weighted by Gasteiger charge is 2.21. The second-order valence-electron chi connectivity index (χ2n) is 6.10. The van der Waals surface area contributed by atoms with Gasteiger partial charge in [-0.2, -0.15) is 0 Å². The number of fused-ring (bicyclic) bond motifs is 1. The van der Waals surface area contributed by atoms with Gasteiger partial charge in [0.05, 0.1) is 28.7 Å². The molecule has 6 nitrogen and oxygen atoms in total. The van der Waals surface area contributed by atoms with E-state index in [-0.39, 0.29) is 12.2 Å². The molecule has 0 saturated heterocycles. The van der Waals surface area contributed by atoms with E-state index < -0.39 is 10.0 Å². The molecule has 2 aromatic carbocycles. The van der Waals surface area contributed by atoms with E-state index in [0.717, 1.165) is 14.8 Å². The lowest BCUT2D eigenvalue weighted by Gasteiger charge is -2.20. The molecule has 1 N–H and O–H groups in total. The Bertz CT molecular complexity index is 1140. The summed E-state index contributed by atoms with van der Waals surface area (Å²) in [5, 5.41) is 14.6. The van der Waals surface area contributed by atoms with E-state index in [1.54, 1.807) is 42.5 Å². The van der Waals surface area contributed by atoms with Crippen molar-refractivity contribution in [3.05, 3.63) is 79.8 Å². The number of sulfonamides is 1. The molecule has 3 rings (SSSR count). The monoisotopic (exact) mass is 425 g/mol. The van der Waals surface area contributed by atoms with Crippen molar-refractivity contribution in [1.82, 2.24) is 9.37 Å². The normalized spacial score (nSPS) is 16.3. The van der Waals surface area contributed by atoms with E-state index in [1.165, 1.54) is 14.1 Å². The van der Waals surface area contributed by atoms with Crippen molar-refractivity contribution in [3.8, 4) is 0 Å². The lowest BCUT2D eigenvalue weighted by molar-refractivity contribution is -0.0184. The van der Waals surface area contributed by atoms with Gasteiger partial charge in [0.1, 0.15) is 0 Å². The summed E-state index contributed by atoms with van der Waals surface area (Å²) >= 11 is 12.5. The molecule has 142 valence electrons. The fourth-order valence-electron chi connectivity index (χ4n) is 2.64. The molecular formula is C18H17Cl2N3O3S. The van der Waals surface area contributed by atoms with Crippen LogP contribution in [0.5, 0.6) is 0 Å². The first-order chi connectivity index (χ1) is 12.7. The topological polar surface area (TPSA) is 73.2 Å². The van der Waals surface area contributed by atoms with E-state index in [4.69, 9.17) is 23.2 Å². The van der Waals surface area contributed by atoms with Crippen LogP contribution in [0.4, 0.5) is 0 Å². The highest BCUT2D eigenvalue weighted by atomic mass is 35.5. The zero-order valence-corrected chi connectivity index (χ0v) is 16.9. The van der Waals surface area contributed by atoms with Gasteiger partial charge in [0, 0.05) is 34.9 Å². The standard InChI is InChI=1S/C18H17Cl2N3O3S/c1-22(2)27(25,26)11-13-10-23(24)18(14-5-3-4-6-16(14)20)15-9-12(19)7-8-17(15)21-13/h3-9,11,24H,10H2,1-2H3/b13-11-. The summed E-state index contributed by atoms with van der Waals surface area (Å²) in [6.45, 7) is -0.139. The van der Waals surface area contributed by atoms with E-state index in [2.05, 4.69) is 4.99 Å². The molecule has 1 aliphatic rings. The number of hydrogen-bond acceptors (Lipinski definition) is 5. The summed E-state index contributed by atoms with van der Waals surface area (Å²) in [5.74, 6) is 0. The lowest BCUT2D eigenvalue weighted by atomic mass is 10.1. The minimum absolute atomic E-state index is 0.139. The van der Waals surface area contributed by atoms with Gasteiger partial charge in [0.25, 0.3) is 0 Å². The summed E-state index contributed by atoms with van der Waals surface area (Å²) in [6, 6.07) is 12.0. The predicted molar refractivity (Wildman–Crippen MR) is 105 cm³/mol. The van der Waals surface area contributed by atoms with Gasteiger partial charge in [-0.05, 0) is 24.3 Å². The van der Waals surface area contributed by atoms with Crippen LogP contribution in [-0.2, 0) is 10.0 Å². The Morgan fingerprint density at radius 3 is 2.56 bits per heavy atom. The number of hydrogen-bond donors (Lipinski definition) is 1. The smallest absolute Gasteiger partial charge is 0.237 e. The number of benzene rings is 2. The Balaban J connectivity index is 2.35. The largest absolute Gasteiger partial charge is 0.288 e. The van der Waals surface area contributed by atoms with Crippen molar-refractivity contribution in [2.45, 2.75) is 0 Å². The van der Waals surface area contributed by atoms with Crippen LogP contribution < -0.4 is 10.6 Å². The minimum atomic E-state index is -3.66. The average Bonchev–Trinajstić information content (AvgIpc) is 2.70. The van der Waals surface area contributed by atoms with Crippen LogP contribution in [0.15, 0.2) is 58.6 Å². The number of rotatable bonds is 3. The van der Waals surface area contributed by atoms with E-state index in [0.29, 0.717) is 31.9 Å². The number of halogens is 2. The quantitative estimate of drug-likeness (QED) is 0.817. The molecule has 0 unspecified atom stereocenters. The van der Waals surface area contributed by atoms with Gasteiger partial charge in [-0.15, -0.1) is 0 Å². The maximum absolute atomic E-state index is 12.2. The van der Waals surface area contributed by atoms with Gasteiger partial charge in [-0.1, -0.05) is 41.4 Å². The van der Waals surface area contributed by atoms with E-state index in [1.807, 2.05) is 0 Å². The van der Waals surface area contributed by atoms with Gasteiger partial charge in [0.15, 0.2) is 0 Å². The summed E-state index contributed by atoms with van der Waals surface area (Å²) in [6.07, 6.45) is 0. The summed E-state index contributed by atoms with van der Waals surface area (Å²) in [7, 11) is -0.809. The van der Waals surface area contributed by atoms with Crippen molar-refractivity contribution >= 4 is 38.9 Å². The molecule has 0 aliphatic carbocycles. The Morgan fingerprint density at radius 1 is 1.19 bits per heavy atom. The second-order valence-corrected chi connectivity index (χ2v) is 8.94. The van der Waals surface area contributed by atoms with Crippen molar-refractivity contribution < 1.29 is 13.6 Å². The molecule has 0 radical (unpaired) electrons. The van der Waals surface area contributed by atoms with Crippen molar-refractivity contribution in [3.63, 3.8) is 0 Å². The third-order valence-electron chi connectivity index (χ3n) is 3.97. The van der Waals surface area contributed by atoms with Gasteiger partial charge in [-0.25, -0.2) is 22.8 Å². The number of nitrogens with zero attached hydrogens (tertiary/aromatic N) is 3. The van der Waals surface area contributed by atoms with Crippen molar-refractivity contribution in [2.24, 2.45) is 4.99 Å². The molecule has 0 saturated carbocycles. The summed E-state index contributed by atoms with van der Waals surface area (Å²) in [5.41, 5.74) is 1.15.